The van der Waals surface area contributed by atoms with Gasteiger partial charge in [-0.1, -0.05) is 5.16 Å². The molecule has 0 radical (unpaired) electrons. The molecule has 12 nitrogen and oxygen atoms in total. The molecule has 1 N–H and O–H groups in total. The van der Waals surface area contributed by atoms with Crippen molar-refractivity contribution in [2.24, 2.45) is 5.92 Å². The summed E-state index contributed by atoms with van der Waals surface area (Å²) in [5.74, 6) is 1.96. The Labute approximate surface area is 233 Å². The summed E-state index contributed by atoms with van der Waals surface area (Å²) in [6, 6.07) is 11.8. The van der Waals surface area contributed by atoms with Crippen LogP contribution in [0.2, 0.25) is 0 Å². The Kier molecular flexibility index (Phi) is 8.64. The number of methoxy groups -OCH3 is 2. The first kappa shape index (κ1) is 28.0. The van der Waals surface area contributed by atoms with Gasteiger partial charge in [0.15, 0.2) is 11.5 Å². The van der Waals surface area contributed by atoms with E-state index in [9.17, 15) is 13.2 Å². The Morgan fingerprint density at radius 1 is 1.00 bits per heavy atom. The number of hydrogen-bond acceptors (Lipinski definition) is 10. The predicted octanol–water partition coefficient (Wildman–Crippen LogP) is 2.63. The van der Waals surface area contributed by atoms with E-state index in [0.29, 0.717) is 87.7 Å². The number of amides is 1. The van der Waals surface area contributed by atoms with Crippen LogP contribution in [0.25, 0.3) is 11.4 Å². The standard InChI is InChI=1S/C27H33N5O7S/c1-36-23-8-3-20(17-24(23)37-2)26-29-25(39-30-26)18-31-11-9-19(10-12-31)27(33)28-21-4-6-22(7-5-21)40(34,35)32-13-15-38-16-14-32/h3-8,17,19H,9-16,18H2,1-2H3,(H,28,33). The number of carbonyl (C=O) groups excluding carboxylic acids is 1. The minimum Gasteiger partial charge on any atom is -0.493 e. The van der Waals surface area contributed by atoms with Crippen molar-refractivity contribution in [3.63, 3.8) is 0 Å². The van der Waals surface area contributed by atoms with Crippen LogP contribution in [0.3, 0.4) is 0 Å². The van der Waals surface area contributed by atoms with Crippen molar-refractivity contribution in [2.45, 2.75) is 24.3 Å². The average molecular weight is 572 g/mol. The normalized spacial score (nSPS) is 17.4. The molecule has 0 atom stereocenters. The van der Waals surface area contributed by atoms with Crippen LogP contribution in [0.15, 0.2) is 51.9 Å². The highest BCUT2D eigenvalue weighted by atomic mass is 32.2. The zero-order valence-electron chi connectivity index (χ0n) is 22.5. The minimum absolute atomic E-state index is 0.0723. The number of hydrogen-bond donors (Lipinski definition) is 1. The molecule has 2 saturated heterocycles. The number of benzene rings is 2. The van der Waals surface area contributed by atoms with Crippen molar-refractivity contribution >= 4 is 21.6 Å². The van der Waals surface area contributed by atoms with Gasteiger partial charge in [0.25, 0.3) is 0 Å². The van der Waals surface area contributed by atoms with E-state index in [2.05, 4.69) is 20.4 Å². The first-order valence-corrected chi connectivity index (χ1v) is 14.6. The summed E-state index contributed by atoms with van der Waals surface area (Å²) < 4.78 is 48.4. The van der Waals surface area contributed by atoms with Gasteiger partial charge in [-0.2, -0.15) is 9.29 Å². The average Bonchev–Trinajstić information content (AvgIpc) is 3.46. The molecule has 2 aliphatic rings. The summed E-state index contributed by atoms with van der Waals surface area (Å²) in [6.07, 6.45) is 1.37. The van der Waals surface area contributed by atoms with Gasteiger partial charge in [-0.05, 0) is 68.4 Å². The van der Waals surface area contributed by atoms with Crippen molar-refractivity contribution < 1.29 is 31.9 Å². The molecular formula is C27H33N5O7S. The third-order valence-corrected chi connectivity index (χ3v) is 9.07. The lowest BCUT2D eigenvalue weighted by atomic mass is 9.96. The second kappa shape index (κ2) is 12.3. The third kappa shape index (κ3) is 6.28. The van der Waals surface area contributed by atoms with Gasteiger partial charge in [-0.15, -0.1) is 0 Å². The Balaban J connectivity index is 1.11. The molecule has 3 heterocycles. The molecule has 0 bridgehead atoms. The number of piperidine rings is 1. The zero-order valence-corrected chi connectivity index (χ0v) is 23.4. The first-order chi connectivity index (χ1) is 19.4. The number of nitrogens with one attached hydrogen (secondary N) is 1. The number of carbonyl (C=O) groups is 1. The van der Waals surface area contributed by atoms with Crippen molar-refractivity contribution in [1.29, 1.82) is 0 Å². The number of morpholine rings is 1. The van der Waals surface area contributed by atoms with Crippen molar-refractivity contribution in [3.8, 4) is 22.9 Å². The van der Waals surface area contributed by atoms with E-state index in [4.69, 9.17) is 18.7 Å². The van der Waals surface area contributed by atoms with E-state index in [-0.39, 0.29) is 16.7 Å². The van der Waals surface area contributed by atoms with Gasteiger partial charge in [0.1, 0.15) is 0 Å². The molecule has 0 unspecified atom stereocenters. The smallest absolute Gasteiger partial charge is 0.243 e. The summed E-state index contributed by atoms with van der Waals surface area (Å²) in [5, 5.41) is 7.03. The number of aromatic nitrogens is 2. The van der Waals surface area contributed by atoms with Gasteiger partial charge in [0.2, 0.25) is 27.6 Å². The highest BCUT2D eigenvalue weighted by molar-refractivity contribution is 7.89. The topological polar surface area (TPSA) is 136 Å². The van der Waals surface area contributed by atoms with E-state index < -0.39 is 10.0 Å². The van der Waals surface area contributed by atoms with Gasteiger partial charge in [-0.3, -0.25) is 9.69 Å². The maximum Gasteiger partial charge on any atom is 0.243 e. The molecule has 13 heteroatoms. The van der Waals surface area contributed by atoms with Gasteiger partial charge >= 0.3 is 0 Å². The lowest BCUT2D eigenvalue weighted by molar-refractivity contribution is -0.121. The van der Waals surface area contributed by atoms with Gasteiger partial charge in [0.05, 0.1) is 38.9 Å². The van der Waals surface area contributed by atoms with Gasteiger partial charge in [-0.25, -0.2) is 8.42 Å². The second-order valence-electron chi connectivity index (χ2n) is 9.66. The fourth-order valence-corrected chi connectivity index (χ4v) is 6.25. The van der Waals surface area contributed by atoms with Crippen LogP contribution < -0.4 is 14.8 Å². The Hall–Kier alpha value is -3.52. The third-order valence-electron chi connectivity index (χ3n) is 7.16. The number of anilines is 1. The van der Waals surface area contributed by atoms with E-state index >= 15 is 0 Å². The van der Waals surface area contributed by atoms with Crippen LogP contribution in [-0.2, 0) is 26.1 Å². The number of ether oxygens (including phenoxy) is 3. The number of rotatable bonds is 9. The van der Waals surface area contributed by atoms with E-state index in [1.807, 2.05) is 6.07 Å². The molecule has 2 fully saturated rings. The van der Waals surface area contributed by atoms with Crippen LogP contribution >= 0.6 is 0 Å². The molecule has 3 aromatic rings. The maximum absolute atomic E-state index is 12.9. The van der Waals surface area contributed by atoms with Gasteiger partial charge < -0.3 is 24.1 Å². The number of sulfonamides is 1. The van der Waals surface area contributed by atoms with E-state index in [0.717, 1.165) is 5.56 Å². The monoisotopic (exact) mass is 571 g/mol. The molecule has 2 aromatic carbocycles. The van der Waals surface area contributed by atoms with Gasteiger partial charge in [0, 0.05) is 30.3 Å². The lowest BCUT2D eigenvalue weighted by Gasteiger charge is -2.30. The molecule has 5 rings (SSSR count). The number of nitrogens with zero attached hydrogens (tertiary/aromatic N) is 4. The van der Waals surface area contributed by atoms with Crippen LogP contribution in [-0.4, -0.2) is 87.3 Å². The predicted molar refractivity (Wildman–Crippen MR) is 145 cm³/mol. The highest BCUT2D eigenvalue weighted by Crippen LogP contribution is 2.31. The zero-order chi connectivity index (χ0) is 28.1. The van der Waals surface area contributed by atoms with Crippen molar-refractivity contribution in [3.05, 3.63) is 48.4 Å². The minimum atomic E-state index is -3.57. The van der Waals surface area contributed by atoms with E-state index in [1.54, 1.807) is 38.5 Å². The Bertz CT molecular complexity index is 1410. The lowest BCUT2D eigenvalue weighted by Crippen LogP contribution is -2.40. The summed E-state index contributed by atoms with van der Waals surface area (Å²) in [6.45, 7) is 3.37. The first-order valence-electron chi connectivity index (χ1n) is 13.1. The van der Waals surface area contributed by atoms with Crippen molar-refractivity contribution in [2.75, 3.05) is 58.9 Å². The fraction of sp³-hybridized carbons (Fsp3) is 0.444. The molecule has 0 saturated carbocycles. The Morgan fingerprint density at radius 3 is 2.38 bits per heavy atom. The quantitative estimate of drug-likeness (QED) is 0.408. The fourth-order valence-electron chi connectivity index (χ4n) is 4.85. The summed E-state index contributed by atoms with van der Waals surface area (Å²) in [5.41, 5.74) is 1.33. The van der Waals surface area contributed by atoms with Crippen molar-refractivity contribution in [1.82, 2.24) is 19.3 Å². The maximum atomic E-state index is 12.9. The summed E-state index contributed by atoms with van der Waals surface area (Å²) >= 11 is 0. The molecule has 0 spiro atoms. The number of likely N-dealkylation sites (tertiary alicyclic amines) is 1. The van der Waals surface area contributed by atoms with Crippen LogP contribution in [0, 0.1) is 5.92 Å². The molecule has 1 aromatic heterocycles. The molecular weight excluding hydrogens is 538 g/mol. The van der Waals surface area contributed by atoms with Crippen LogP contribution in [0.4, 0.5) is 5.69 Å². The molecule has 2 aliphatic heterocycles. The SMILES string of the molecule is COc1ccc(-c2noc(CN3CCC(C(=O)Nc4ccc(S(=O)(=O)N5CCOCC5)cc4)CC3)n2)cc1OC. The second-order valence-corrected chi connectivity index (χ2v) is 11.6. The summed E-state index contributed by atoms with van der Waals surface area (Å²) in [4.78, 5) is 19.8. The highest BCUT2D eigenvalue weighted by Gasteiger charge is 2.28. The summed E-state index contributed by atoms with van der Waals surface area (Å²) in [7, 11) is -0.421. The molecule has 214 valence electrons. The largest absolute Gasteiger partial charge is 0.493 e. The molecule has 1 amide bonds. The Morgan fingerprint density at radius 2 is 1.70 bits per heavy atom. The molecule has 0 aliphatic carbocycles. The molecule has 40 heavy (non-hydrogen) atoms. The van der Waals surface area contributed by atoms with Crippen LogP contribution in [0.1, 0.15) is 18.7 Å². The van der Waals surface area contributed by atoms with Crippen LogP contribution in [0.5, 0.6) is 11.5 Å². The van der Waals surface area contributed by atoms with E-state index in [1.165, 1.54) is 16.4 Å².